The van der Waals surface area contributed by atoms with Gasteiger partial charge in [0.1, 0.15) is 0 Å². The summed E-state index contributed by atoms with van der Waals surface area (Å²) >= 11 is 0. The van der Waals surface area contributed by atoms with Gasteiger partial charge in [-0.25, -0.2) is 23.1 Å². The van der Waals surface area contributed by atoms with Crippen LogP contribution in [0.1, 0.15) is 23.7 Å². The third-order valence-electron chi connectivity index (χ3n) is 3.97. The zero-order valence-corrected chi connectivity index (χ0v) is 16.8. The molecule has 0 radical (unpaired) electrons. The van der Waals surface area contributed by atoms with E-state index in [9.17, 15) is 18.0 Å². The summed E-state index contributed by atoms with van der Waals surface area (Å²) in [6.07, 6.45) is 3.21. The summed E-state index contributed by atoms with van der Waals surface area (Å²) in [6, 6.07) is 13.7. The Balaban J connectivity index is 1.65. The van der Waals surface area contributed by atoms with Crippen LogP contribution in [0.3, 0.4) is 0 Å². The number of nitrogens with zero attached hydrogens (tertiary/aromatic N) is 2. The molecule has 3 rings (SSSR count). The summed E-state index contributed by atoms with van der Waals surface area (Å²) in [6.45, 7) is 1.75. The Labute approximate surface area is 173 Å². The minimum atomic E-state index is -3.85. The maximum atomic E-state index is 12.4. The standard InChI is InChI=1S/C20H19N5O4S/c1-2-18(26)23-15-6-4-14(5-7-15)19(27)24-16-8-10-17(11-9-16)30(28,29)25-20-21-12-3-13-22-20/h3-13H,2H2,1H3,(H,23,26)(H,24,27)(H,21,22,25). The van der Waals surface area contributed by atoms with E-state index in [0.29, 0.717) is 23.4 Å². The van der Waals surface area contributed by atoms with E-state index in [1.54, 1.807) is 37.3 Å². The highest BCUT2D eigenvalue weighted by Crippen LogP contribution is 2.18. The number of anilines is 3. The van der Waals surface area contributed by atoms with E-state index < -0.39 is 10.0 Å². The predicted octanol–water partition coefficient (Wildman–Crippen LogP) is 2.88. The summed E-state index contributed by atoms with van der Waals surface area (Å²) in [4.78, 5) is 31.4. The Morgan fingerprint density at radius 3 is 2.03 bits per heavy atom. The van der Waals surface area contributed by atoms with Crippen molar-refractivity contribution in [3.05, 3.63) is 72.6 Å². The molecule has 0 unspecified atom stereocenters. The van der Waals surface area contributed by atoms with Crippen molar-refractivity contribution in [3.8, 4) is 0 Å². The molecule has 2 amide bonds. The third kappa shape index (κ3) is 5.39. The summed E-state index contributed by atoms with van der Waals surface area (Å²) in [5.74, 6) is -0.515. The topological polar surface area (TPSA) is 130 Å². The lowest BCUT2D eigenvalue weighted by Crippen LogP contribution is -2.15. The Kier molecular flexibility index (Phi) is 6.38. The second kappa shape index (κ2) is 9.14. The second-order valence-corrected chi connectivity index (χ2v) is 7.82. The number of aromatic nitrogens is 2. The van der Waals surface area contributed by atoms with Gasteiger partial charge >= 0.3 is 0 Å². The van der Waals surface area contributed by atoms with Crippen LogP contribution < -0.4 is 15.4 Å². The Hall–Kier alpha value is -3.79. The van der Waals surface area contributed by atoms with Gasteiger partial charge in [-0.2, -0.15) is 0 Å². The van der Waals surface area contributed by atoms with Gasteiger partial charge in [-0.05, 0) is 54.6 Å². The molecule has 0 aliphatic carbocycles. The number of rotatable bonds is 7. The molecule has 0 aliphatic rings. The zero-order chi connectivity index (χ0) is 21.6. The monoisotopic (exact) mass is 425 g/mol. The van der Waals surface area contributed by atoms with E-state index in [1.165, 1.54) is 36.7 Å². The van der Waals surface area contributed by atoms with E-state index in [-0.39, 0.29) is 22.7 Å². The molecule has 154 valence electrons. The van der Waals surface area contributed by atoms with Crippen LogP contribution in [0, 0.1) is 0 Å². The summed E-state index contributed by atoms with van der Waals surface area (Å²) in [5, 5.41) is 5.39. The van der Waals surface area contributed by atoms with E-state index in [2.05, 4.69) is 25.3 Å². The van der Waals surface area contributed by atoms with Crippen molar-refractivity contribution in [2.45, 2.75) is 18.2 Å². The van der Waals surface area contributed by atoms with Crippen molar-refractivity contribution in [1.29, 1.82) is 0 Å². The highest BCUT2D eigenvalue weighted by Gasteiger charge is 2.15. The minimum absolute atomic E-state index is 0.00368. The lowest BCUT2D eigenvalue weighted by Gasteiger charge is -2.09. The highest BCUT2D eigenvalue weighted by molar-refractivity contribution is 7.92. The van der Waals surface area contributed by atoms with Gasteiger partial charge < -0.3 is 10.6 Å². The van der Waals surface area contributed by atoms with Crippen LogP contribution in [0.5, 0.6) is 0 Å². The first-order chi connectivity index (χ1) is 14.4. The fraction of sp³-hybridized carbons (Fsp3) is 0.100. The number of carbonyl (C=O) groups excluding carboxylic acids is 2. The van der Waals surface area contributed by atoms with Gasteiger partial charge in [-0.3, -0.25) is 9.59 Å². The first-order valence-electron chi connectivity index (χ1n) is 8.98. The lowest BCUT2D eigenvalue weighted by molar-refractivity contribution is -0.115. The van der Waals surface area contributed by atoms with Crippen molar-refractivity contribution in [2.24, 2.45) is 0 Å². The van der Waals surface area contributed by atoms with Gasteiger partial charge in [0.05, 0.1) is 4.90 Å². The van der Waals surface area contributed by atoms with Gasteiger partial charge in [0.15, 0.2) is 0 Å². The molecule has 3 aromatic rings. The average molecular weight is 425 g/mol. The molecule has 0 saturated carbocycles. The molecule has 9 nitrogen and oxygen atoms in total. The van der Waals surface area contributed by atoms with Gasteiger partial charge in [-0.15, -0.1) is 0 Å². The fourth-order valence-electron chi connectivity index (χ4n) is 2.41. The molecular formula is C20H19N5O4S. The van der Waals surface area contributed by atoms with Crippen molar-refractivity contribution in [2.75, 3.05) is 15.4 Å². The fourth-order valence-corrected chi connectivity index (χ4v) is 3.36. The molecule has 2 aromatic carbocycles. The number of benzene rings is 2. The molecule has 0 saturated heterocycles. The molecule has 1 heterocycles. The van der Waals surface area contributed by atoms with Gasteiger partial charge in [0.2, 0.25) is 11.9 Å². The quantitative estimate of drug-likeness (QED) is 0.534. The molecule has 1 aromatic heterocycles. The van der Waals surface area contributed by atoms with Crippen LogP contribution in [-0.4, -0.2) is 30.2 Å². The molecule has 0 atom stereocenters. The lowest BCUT2D eigenvalue weighted by atomic mass is 10.2. The van der Waals surface area contributed by atoms with Gasteiger partial charge in [0, 0.05) is 35.8 Å². The minimum Gasteiger partial charge on any atom is -0.326 e. The van der Waals surface area contributed by atoms with Gasteiger partial charge in [-0.1, -0.05) is 6.92 Å². The van der Waals surface area contributed by atoms with Crippen LogP contribution in [-0.2, 0) is 14.8 Å². The van der Waals surface area contributed by atoms with Gasteiger partial charge in [0.25, 0.3) is 15.9 Å². The van der Waals surface area contributed by atoms with Crippen molar-refractivity contribution < 1.29 is 18.0 Å². The van der Waals surface area contributed by atoms with Crippen molar-refractivity contribution in [1.82, 2.24) is 9.97 Å². The Bertz CT molecular complexity index is 1130. The molecule has 30 heavy (non-hydrogen) atoms. The van der Waals surface area contributed by atoms with E-state index in [0.717, 1.165) is 0 Å². The molecule has 10 heteroatoms. The second-order valence-electron chi connectivity index (χ2n) is 6.14. The molecule has 3 N–H and O–H groups in total. The highest BCUT2D eigenvalue weighted by atomic mass is 32.2. The Morgan fingerprint density at radius 1 is 0.867 bits per heavy atom. The number of carbonyl (C=O) groups is 2. The van der Waals surface area contributed by atoms with Crippen LogP contribution in [0.25, 0.3) is 0 Å². The summed E-state index contributed by atoms with van der Waals surface area (Å²) < 4.78 is 27.0. The van der Waals surface area contributed by atoms with Crippen molar-refractivity contribution >= 4 is 39.2 Å². The first-order valence-corrected chi connectivity index (χ1v) is 10.5. The molecular weight excluding hydrogens is 406 g/mol. The van der Waals surface area contributed by atoms with Crippen LogP contribution in [0.2, 0.25) is 0 Å². The first kappa shape index (κ1) is 20.9. The normalized spacial score (nSPS) is 10.8. The SMILES string of the molecule is CCC(=O)Nc1ccc(C(=O)Nc2ccc(S(=O)(=O)Nc3ncccn3)cc2)cc1. The predicted molar refractivity (Wildman–Crippen MR) is 113 cm³/mol. The number of nitrogens with one attached hydrogen (secondary N) is 3. The summed E-state index contributed by atoms with van der Waals surface area (Å²) in [7, 11) is -3.85. The number of hydrogen-bond donors (Lipinski definition) is 3. The maximum Gasteiger partial charge on any atom is 0.264 e. The molecule has 0 spiro atoms. The largest absolute Gasteiger partial charge is 0.326 e. The van der Waals surface area contributed by atoms with E-state index in [1.807, 2.05) is 0 Å². The molecule has 0 fully saturated rings. The van der Waals surface area contributed by atoms with Crippen LogP contribution >= 0.6 is 0 Å². The smallest absolute Gasteiger partial charge is 0.264 e. The van der Waals surface area contributed by atoms with Crippen LogP contribution in [0.15, 0.2) is 71.9 Å². The number of amides is 2. The Morgan fingerprint density at radius 2 is 1.43 bits per heavy atom. The average Bonchev–Trinajstić information content (AvgIpc) is 2.75. The summed E-state index contributed by atoms with van der Waals surface area (Å²) in [5.41, 5.74) is 1.42. The van der Waals surface area contributed by atoms with Crippen molar-refractivity contribution in [3.63, 3.8) is 0 Å². The van der Waals surface area contributed by atoms with Crippen LogP contribution in [0.4, 0.5) is 17.3 Å². The zero-order valence-electron chi connectivity index (χ0n) is 16.0. The maximum absolute atomic E-state index is 12.4. The third-order valence-corrected chi connectivity index (χ3v) is 5.31. The number of sulfonamides is 1. The molecule has 0 bridgehead atoms. The molecule has 0 aliphatic heterocycles. The van der Waals surface area contributed by atoms with E-state index in [4.69, 9.17) is 0 Å². The van der Waals surface area contributed by atoms with E-state index >= 15 is 0 Å². The number of hydrogen-bond acceptors (Lipinski definition) is 6.